The second kappa shape index (κ2) is 7.80. The molecule has 0 unspecified atom stereocenters. The second-order valence-electron chi connectivity index (χ2n) is 8.95. The van der Waals surface area contributed by atoms with Crippen molar-refractivity contribution < 1.29 is 19.1 Å². The molecule has 0 N–H and O–H groups in total. The Kier molecular flexibility index (Phi) is 4.92. The zero-order valence-electron chi connectivity index (χ0n) is 18.6. The predicted molar refractivity (Wildman–Crippen MR) is 134 cm³/mol. The maximum absolute atomic E-state index is 14.3. The van der Waals surface area contributed by atoms with Crippen molar-refractivity contribution in [1.82, 2.24) is 0 Å². The first kappa shape index (κ1) is 22.1. The number of carbonyl (C=O) groups excluding carboxylic acids is 3. The summed E-state index contributed by atoms with van der Waals surface area (Å²) in [7, 11) is 1.31. The van der Waals surface area contributed by atoms with E-state index in [1.165, 1.54) is 7.11 Å². The van der Waals surface area contributed by atoms with Crippen LogP contribution in [0, 0.1) is 5.41 Å². The SMILES string of the molecule is COC(=O)[C@@H]1[C@H](c2ccc(Cl)cc2Cl)C2(C(=O)c3ccccc3C2=O)[C@@H]2C=Cc3ccccc3N12. The van der Waals surface area contributed by atoms with Crippen molar-refractivity contribution >= 4 is 52.5 Å². The number of Topliss-reactive ketones (excluding diaryl/α,β-unsaturated/α-hetero) is 2. The van der Waals surface area contributed by atoms with Crippen LogP contribution in [-0.2, 0) is 9.53 Å². The van der Waals surface area contributed by atoms with Crippen LogP contribution in [0.4, 0.5) is 5.69 Å². The van der Waals surface area contributed by atoms with Gasteiger partial charge in [0.15, 0.2) is 11.6 Å². The molecule has 3 aliphatic rings. The number of fused-ring (bicyclic) bond motifs is 5. The van der Waals surface area contributed by atoms with Crippen molar-refractivity contribution in [3.63, 3.8) is 0 Å². The second-order valence-corrected chi connectivity index (χ2v) is 9.80. The van der Waals surface area contributed by atoms with Gasteiger partial charge in [0.25, 0.3) is 0 Å². The number of rotatable bonds is 2. The molecule has 0 radical (unpaired) electrons. The van der Waals surface area contributed by atoms with Gasteiger partial charge in [-0.15, -0.1) is 0 Å². The van der Waals surface area contributed by atoms with Gasteiger partial charge in [0, 0.05) is 32.8 Å². The van der Waals surface area contributed by atoms with Crippen LogP contribution in [0.3, 0.4) is 0 Å². The number of anilines is 1. The first-order chi connectivity index (χ1) is 16.9. The molecule has 7 heteroatoms. The Morgan fingerprint density at radius 1 is 0.943 bits per heavy atom. The fraction of sp³-hybridized carbons (Fsp3) is 0.179. The molecule has 1 aliphatic carbocycles. The van der Waals surface area contributed by atoms with Crippen molar-refractivity contribution in [3.8, 4) is 0 Å². The summed E-state index contributed by atoms with van der Waals surface area (Å²) in [6.45, 7) is 0. The molecule has 0 aromatic heterocycles. The summed E-state index contributed by atoms with van der Waals surface area (Å²) in [5, 5.41) is 0.695. The van der Waals surface area contributed by atoms with E-state index in [2.05, 4.69) is 0 Å². The minimum absolute atomic E-state index is 0.282. The van der Waals surface area contributed by atoms with E-state index in [0.717, 1.165) is 11.3 Å². The van der Waals surface area contributed by atoms with Crippen molar-refractivity contribution in [1.29, 1.82) is 0 Å². The van der Waals surface area contributed by atoms with E-state index >= 15 is 0 Å². The average Bonchev–Trinajstić information content (AvgIpc) is 3.30. The molecule has 1 spiro atoms. The largest absolute Gasteiger partial charge is 0.467 e. The highest BCUT2D eigenvalue weighted by atomic mass is 35.5. The van der Waals surface area contributed by atoms with Crippen LogP contribution >= 0.6 is 23.2 Å². The Labute approximate surface area is 211 Å². The third-order valence-electron chi connectivity index (χ3n) is 7.45. The molecule has 2 heterocycles. The number of carbonyl (C=O) groups is 3. The quantitative estimate of drug-likeness (QED) is 0.336. The lowest BCUT2D eigenvalue weighted by atomic mass is 9.64. The Balaban J connectivity index is 1.71. The molecular formula is C28H19Cl2NO4. The number of esters is 1. The van der Waals surface area contributed by atoms with Gasteiger partial charge in [0.05, 0.1) is 13.2 Å². The zero-order chi connectivity index (χ0) is 24.5. The molecule has 2 aliphatic heterocycles. The fourth-order valence-corrected chi connectivity index (χ4v) is 6.63. The number of nitrogens with zero attached hydrogens (tertiary/aromatic N) is 1. The van der Waals surface area contributed by atoms with Crippen LogP contribution in [0.25, 0.3) is 6.08 Å². The Morgan fingerprint density at radius 3 is 2.26 bits per heavy atom. The molecule has 0 amide bonds. The Bertz CT molecular complexity index is 1430. The summed E-state index contributed by atoms with van der Waals surface area (Å²) in [4.78, 5) is 44.0. The molecule has 35 heavy (non-hydrogen) atoms. The van der Waals surface area contributed by atoms with E-state index in [-0.39, 0.29) is 16.6 Å². The summed E-state index contributed by atoms with van der Waals surface area (Å²) in [6, 6.07) is 17.6. The monoisotopic (exact) mass is 503 g/mol. The number of halogens is 2. The highest BCUT2D eigenvalue weighted by molar-refractivity contribution is 6.36. The summed E-state index contributed by atoms with van der Waals surface area (Å²) in [6.07, 6.45) is 3.76. The van der Waals surface area contributed by atoms with E-state index in [4.69, 9.17) is 27.9 Å². The number of methoxy groups -OCH3 is 1. The molecule has 3 atom stereocenters. The number of hydrogen-bond donors (Lipinski definition) is 0. The lowest BCUT2D eigenvalue weighted by Crippen LogP contribution is -2.48. The van der Waals surface area contributed by atoms with Crippen LogP contribution in [0.1, 0.15) is 37.8 Å². The van der Waals surface area contributed by atoms with Gasteiger partial charge in [0.1, 0.15) is 11.5 Å². The van der Waals surface area contributed by atoms with E-state index in [1.807, 2.05) is 41.3 Å². The maximum atomic E-state index is 14.3. The van der Waals surface area contributed by atoms with Crippen LogP contribution in [0.5, 0.6) is 0 Å². The fourth-order valence-electron chi connectivity index (χ4n) is 6.11. The minimum Gasteiger partial charge on any atom is -0.467 e. The third-order valence-corrected chi connectivity index (χ3v) is 8.02. The summed E-state index contributed by atoms with van der Waals surface area (Å²) < 4.78 is 5.27. The molecule has 1 fully saturated rings. The first-order valence-electron chi connectivity index (χ1n) is 11.2. The highest BCUT2D eigenvalue weighted by Crippen LogP contribution is 2.61. The van der Waals surface area contributed by atoms with E-state index in [0.29, 0.717) is 21.7 Å². The molecule has 1 saturated heterocycles. The van der Waals surface area contributed by atoms with Gasteiger partial charge in [-0.1, -0.05) is 83.9 Å². The van der Waals surface area contributed by atoms with Gasteiger partial charge in [-0.2, -0.15) is 0 Å². The minimum atomic E-state index is -1.61. The number of ether oxygens (including phenoxy) is 1. The van der Waals surface area contributed by atoms with Crippen molar-refractivity contribution in [2.24, 2.45) is 5.41 Å². The molecule has 0 bridgehead atoms. The molecule has 5 nitrogen and oxygen atoms in total. The smallest absolute Gasteiger partial charge is 0.329 e. The lowest BCUT2D eigenvalue weighted by molar-refractivity contribution is -0.142. The van der Waals surface area contributed by atoms with Gasteiger partial charge >= 0.3 is 5.97 Å². The third kappa shape index (κ3) is 2.79. The summed E-state index contributed by atoms with van der Waals surface area (Å²) in [5.74, 6) is -2.10. The Hall–Kier alpha value is -3.41. The van der Waals surface area contributed by atoms with E-state index in [1.54, 1.807) is 42.5 Å². The summed E-state index contributed by atoms with van der Waals surface area (Å²) >= 11 is 12.9. The maximum Gasteiger partial charge on any atom is 0.329 e. The predicted octanol–water partition coefficient (Wildman–Crippen LogP) is 5.60. The normalized spacial score (nSPS) is 23.3. The lowest BCUT2D eigenvalue weighted by Gasteiger charge is -2.36. The molecule has 174 valence electrons. The zero-order valence-corrected chi connectivity index (χ0v) is 20.1. The number of para-hydroxylation sites is 1. The van der Waals surface area contributed by atoms with Crippen LogP contribution < -0.4 is 4.90 Å². The molecular weight excluding hydrogens is 485 g/mol. The van der Waals surface area contributed by atoms with Crippen LogP contribution in [-0.4, -0.2) is 36.7 Å². The van der Waals surface area contributed by atoms with Gasteiger partial charge in [-0.05, 0) is 29.3 Å². The van der Waals surface area contributed by atoms with Crippen molar-refractivity contribution in [2.75, 3.05) is 12.0 Å². The number of ketones is 2. The number of benzene rings is 3. The van der Waals surface area contributed by atoms with Gasteiger partial charge in [-0.3, -0.25) is 9.59 Å². The Morgan fingerprint density at radius 2 is 1.60 bits per heavy atom. The van der Waals surface area contributed by atoms with Crippen molar-refractivity contribution in [2.45, 2.75) is 18.0 Å². The van der Waals surface area contributed by atoms with E-state index < -0.39 is 29.4 Å². The van der Waals surface area contributed by atoms with Crippen LogP contribution in [0.15, 0.2) is 72.8 Å². The molecule has 6 rings (SSSR count). The van der Waals surface area contributed by atoms with Gasteiger partial charge in [-0.25, -0.2) is 4.79 Å². The van der Waals surface area contributed by atoms with Gasteiger partial charge < -0.3 is 9.64 Å². The first-order valence-corrected chi connectivity index (χ1v) is 11.9. The number of hydrogen-bond acceptors (Lipinski definition) is 5. The molecule has 0 saturated carbocycles. The topological polar surface area (TPSA) is 63.7 Å². The van der Waals surface area contributed by atoms with Crippen molar-refractivity contribution in [3.05, 3.63) is 105 Å². The van der Waals surface area contributed by atoms with Gasteiger partial charge in [0.2, 0.25) is 0 Å². The average molecular weight is 504 g/mol. The van der Waals surface area contributed by atoms with Crippen LogP contribution in [0.2, 0.25) is 10.0 Å². The standard InChI is InChI=1S/C28H19Cl2NO4/c1-35-27(34)24-23(19-12-11-16(29)14-20(19)30)28(25(32)17-7-3-4-8-18(17)26(28)33)22-13-10-15-6-2-5-9-21(15)31(22)24/h2-14,22-24H,1H3/t22-,23-,24-/m0/s1. The molecule has 3 aromatic carbocycles. The van der Waals surface area contributed by atoms with E-state index in [9.17, 15) is 14.4 Å². The molecule has 3 aromatic rings. The highest BCUT2D eigenvalue weighted by Gasteiger charge is 2.72. The summed E-state index contributed by atoms with van der Waals surface area (Å²) in [5.41, 5.74) is 1.23.